The molecule has 6 nitrogen and oxygen atoms in total. The van der Waals surface area contributed by atoms with Crippen molar-refractivity contribution in [2.75, 3.05) is 22.8 Å². The lowest BCUT2D eigenvalue weighted by Gasteiger charge is -2.08. The largest absolute Gasteiger partial charge is 0.466 e. The van der Waals surface area contributed by atoms with Gasteiger partial charge in [0, 0.05) is 5.69 Å². The van der Waals surface area contributed by atoms with Crippen LogP contribution in [-0.4, -0.2) is 26.7 Å². The zero-order valence-electron chi connectivity index (χ0n) is 10.3. The summed E-state index contributed by atoms with van der Waals surface area (Å²) in [5, 5.41) is 0. The zero-order chi connectivity index (χ0) is 14.5. The van der Waals surface area contributed by atoms with Gasteiger partial charge in [-0.2, -0.15) is 0 Å². The normalized spacial score (nSPS) is 11.1. The molecule has 0 atom stereocenters. The first-order valence-electron chi connectivity index (χ1n) is 5.54. The molecule has 0 saturated heterocycles. The number of hydrogen-bond donors (Lipinski definition) is 2. The van der Waals surface area contributed by atoms with Crippen LogP contribution in [0.25, 0.3) is 0 Å². The number of carbonyl (C=O) groups excluding carboxylic acids is 1. The third-order valence-electron chi connectivity index (χ3n) is 2.07. The van der Waals surface area contributed by atoms with Gasteiger partial charge in [0.05, 0.1) is 24.5 Å². The van der Waals surface area contributed by atoms with E-state index in [1.54, 1.807) is 6.92 Å². The number of sulfonamides is 1. The van der Waals surface area contributed by atoms with Gasteiger partial charge in [0.2, 0.25) is 10.0 Å². The molecule has 0 bridgehead atoms. The molecule has 1 aromatic rings. The van der Waals surface area contributed by atoms with Crippen molar-refractivity contribution in [1.29, 1.82) is 0 Å². The highest BCUT2D eigenvalue weighted by Gasteiger charge is 2.14. The molecule has 8 heteroatoms. The van der Waals surface area contributed by atoms with Gasteiger partial charge < -0.3 is 10.5 Å². The van der Waals surface area contributed by atoms with E-state index in [0.717, 1.165) is 12.1 Å². The summed E-state index contributed by atoms with van der Waals surface area (Å²) in [7, 11) is -3.75. The number of ether oxygens (including phenoxy) is 1. The van der Waals surface area contributed by atoms with Crippen LogP contribution in [0.5, 0.6) is 0 Å². The molecular formula is C11H15FN2O4S. The Bertz CT molecular complexity index is 540. The van der Waals surface area contributed by atoms with E-state index in [9.17, 15) is 17.6 Å². The molecule has 0 aromatic heterocycles. The van der Waals surface area contributed by atoms with Gasteiger partial charge >= 0.3 is 5.97 Å². The maximum atomic E-state index is 13.0. The fraction of sp³-hybridized carbons (Fsp3) is 0.364. The Hall–Kier alpha value is -1.83. The molecule has 0 unspecified atom stereocenters. The Morgan fingerprint density at radius 3 is 2.68 bits per heavy atom. The molecule has 0 amide bonds. The first-order valence-corrected chi connectivity index (χ1v) is 7.20. The number of benzene rings is 1. The molecule has 106 valence electrons. The molecular weight excluding hydrogens is 275 g/mol. The predicted octanol–water partition coefficient (Wildman–Crippen LogP) is 1.10. The van der Waals surface area contributed by atoms with Crippen molar-refractivity contribution in [2.45, 2.75) is 13.3 Å². The maximum absolute atomic E-state index is 13.0. The smallest absolute Gasteiger partial charge is 0.306 e. The highest BCUT2D eigenvalue weighted by Crippen LogP contribution is 2.17. The Morgan fingerprint density at radius 1 is 1.42 bits per heavy atom. The van der Waals surface area contributed by atoms with E-state index in [1.807, 2.05) is 0 Å². The number of anilines is 2. The van der Waals surface area contributed by atoms with Gasteiger partial charge in [-0.05, 0) is 25.1 Å². The summed E-state index contributed by atoms with van der Waals surface area (Å²) in [6, 6.07) is 3.35. The highest BCUT2D eigenvalue weighted by atomic mass is 32.2. The molecule has 0 saturated carbocycles. The third-order valence-corrected chi connectivity index (χ3v) is 3.36. The van der Waals surface area contributed by atoms with Crippen LogP contribution in [0.2, 0.25) is 0 Å². The lowest BCUT2D eigenvalue weighted by atomic mass is 10.3. The van der Waals surface area contributed by atoms with Crippen molar-refractivity contribution in [3.05, 3.63) is 24.0 Å². The minimum Gasteiger partial charge on any atom is -0.466 e. The van der Waals surface area contributed by atoms with Crippen molar-refractivity contribution in [3.63, 3.8) is 0 Å². The summed E-state index contributed by atoms with van der Waals surface area (Å²) in [6.45, 7) is 1.81. The molecule has 0 fully saturated rings. The predicted molar refractivity (Wildman–Crippen MR) is 69.5 cm³/mol. The number of esters is 1. The van der Waals surface area contributed by atoms with E-state index in [0.29, 0.717) is 0 Å². The van der Waals surface area contributed by atoms with Gasteiger partial charge in [-0.3, -0.25) is 9.52 Å². The Labute approximate surface area is 110 Å². The van der Waals surface area contributed by atoms with Gasteiger partial charge in [0.25, 0.3) is 0 Å². The fourth-order valence-electron chi connectivity index (χ4n) is 1.35. The minimum atomic E-state index is -3.75. The molecule has 1 aromatic carbocycles. The molecule has 0 aliphatic carbocycles. The lowest BCUT2D eigenvalue weighted by molar-refractivity contribution is -0.142. The Morgan fingerprint density at radius 2 is 2.11 bits per heavy atom. The van der Waals surface area contributed by atoms with Crippen LogP contribution in [0.4, 0.5) is 15.8 Å². The van der Waals surface area contributed by atoms with Crippen LogP contribution in [0.15, 0.2) is 18.2 Å². The van der Waals surface area contributed by atoms with E-state index >= 15 is 0 Å². The fourth-order valence-corrected chi connectivity index (χ4v) is 2.37. The standard InChI is InChI=1S/C11H15FN2O4S/c1-2-18-11(15)3-4-19(16,17)14-10-6-8(12)5-9(13)7-10/h5-7,14H,2-4,13H2,1H3. The molecule has 0 heterocycles. The van der Waals surface area contributed by atoms with E-state index in [4.69, 9.17) is 5.73 Å². The first-order chi connectivity index (χ1) is 8.82. The van der Waals surface area contributed by atoms with E-state index in [-0.39, 0.29) is 24.4 Å². The van der Waals surface area contributed by atoms with Crippen molar-refractivity contribution in [1.82, 2.24) is 0 Å². The summed E-state index contributed by atoms with van der Waals surface area (Å²) in [5.74, 6) is -1.70. The zero-order valence-corrected chi connectivity index (χ0v) is 11.2. The van der Waals surface area contributed by atoms with E-state index in [1.165, 1.54) is 6.07 Å². The van der Waals surface area contributed by atoms with Gasteiger partial charge in [-0.1, -0.05) is 0 Å². The third kappa shape index (κ3) is 5.56. The number of hydrogen-bond acceptors (Lipinski definition) is 5. The van der Waals surface area contributed by atoms with Crippen LogP contribution < -0.4 is 10.5 Å². The molecule has 0 spiro atoms. The molecule has 0 aliphatic heterocycles. The molecule has 0 aliphatic rings. The molecule has 19 heavy (non-hydrogen) atoms. The van der Waals surface area contributed by atoms with Gasteiger partial charge in [-0.25, -0.2) is 12.8 Å². The van der Waals surface area contributed by atoms with Crippen molar-refractivity contribution >= 4 is 27.4 Å². The summed E-state index contributed by atoms with van der Waals surface area (Å²) >= 11 is 0. The van der Waals surface area contributed by atoms with Crippen molar-refractivity contribution < 1.29 is 22.3 Å². The minimum absolute atomic E-state index is 0.0151. The second-order valence-electron chi connectivity index (χ2n) is 3.75. The number of rotatable bonds is 6. The number of nitrogens with one attached hydrogen (secondary N) is 1. The first kappa shape index (κ1) is 15.2. The highest BCUT2D eigenvalue weighted by molar-refractivity contribution is 7.92. The van der Waals surface area contributed by atoms with Crippen LogP contribution in [0.1, 0.15) is 13.3 Å². The van der Waals surface area contributed by atoms with Crippen LogP contribution in [-0.2, 0) is 19.6 Å². The van der Waals surface area contributed by atoms with Gasteiger partial charge in [0.15, 0.2) is 0 Å². The topological polar surface area (TPSA) is 98.5 Å². The van der Waals surface area contributed by atoms with Gasteiger partial charge in [0.1, 0.15) is 5.82 Å². The van der Waals surface area contributed by atoms with Crippen molar-refractivity contribution in [3.8, 4) is 0 Å². The number of halogens is 1. The number of nitrogen functional groups attached to an aromatic ring is 1. The molecule has 3 N–H and O–H groups in total. The van der Waals surface area contributed by atoms with E-state index < -0.39 is 27.6 Å². The summed E-state index contributed by atoms with van der Waals surface area (Å²) in [4.78, 5) is 11.1. The van der Waals surface area contributed by atoms with Crippen LogP contribution >= 0.6 is 0 Å². The van der Waals surface area contributed by atoms with Crippen LogP contribution in [0, 0.1) is 5.82 Å². The monoisotopic (exact) mass is 290 g/mol. The summed E-state index contributed by atoms with van der Waals surface area (Å²) in [5.41, 5.74) is 5.51. The number of nitrogens with two attached hydrogens (primary N) is 1. The summed E-state index contributed by atoms with van der Waals surface area (Å²) in [6.07, 6.45) is -0.270. The molecule has 0 radical (unpaired) electrons. The molecule has 1 rings (SSSR count). The average molecular weight is 290 g/mol. The SMILES string of the molecule is CCOC(=O)CCS(=O)(=O)Nc1cc(N)cc(F)c1. The lowest BCUT2D eigenvalue weighted by Crippen LogP contribution is -2.20. The Kier molecular flexibility index (Phi) is 5.11. The maximum Gasteiger partial charge on any atom is 0.306 e. The van der Waals surface area contributed by atoms with Crippen molar-refractivity contribution in [2.24, 2.45) is 0 Å². The average Bonchev–Trinajstić information content (AvgIpc) is 2.25. The summed E-state index contributed by atoms with van der Waals surface area (Å²) < 4.78 is 43.1. The van der Waals surface area contributed by atoms with Gasteiger partial charge in [-0.15, -0.1) is 0 Å². The van der Waals surface area contributed by atoms with Crippen LogP contribution in [0.3, 0.4) is 0 Å². The number of carbonyl (C=O) groups is 1. The Balaban J connectivity index is 2.66. The quantitative estimate of drug-likeness (QED) is 0.604. The second kappa shape index (κ2) is 6.37. The van der Waals surface area contributed by atoms with E-state index in [2.05, 4.69) is 9.46 Å². The second-order valence-corrected chi connectivity index (χ2v) is 5.59.